The molecule has 8 heteroatoms. The molecule has 1 aromatic heterocycles. The number of aromatic nitrogens is 1. The molecule has 1 heterocycles. The number of nitrogens with zero attached hydrogens (tertiary/aromatic N) is 1. The van der Waals surface area contributed by atoms with Gasteiger partial charge in [0.2, 0.25) is 5.76 Å². The Balaban J connectivity index is 2.35. The molecule has 0 spiro atoms. The lowest BCUT2D eigenvalue weighted by Crippen LogP contribution is -2.04. The van der Waals surface area contributed by atoms with Gasteiger partial charge in [0, 0.05) is 11.6 Å². The molecule has 1 N–H and O–H groups in total. The van der Waals surface area contributed by atoms with Crippen molar-refractivity contribution in [1.82, 2.24) is 5.16 Å². The highest BCUT2D eigenvalue weighted by Gasteiger charge is 2.16. The number of benzene rings is 1. The molecule has 112 valence electrons. The van der Waals surface area contributed by atoms with E-state index in [1.165, 1.54) is 24.3 Å². The molecule has 0 amide bonds. The van der Waals surface area contributed by atoms with Gasteiger partial charge in [-0.15, -0.1) is 0 Å². The fourth-order valence-electron chi connectivity index (χ4n) is 1.64. The molecule has 6 nitrogen and oxygen atoms in total. The van der Waals surface area contributed by atoms with Gasteiger partial charge in [-0.3, -0.25) is 0 Å². The Hall–Kier alpha value is -2.64. The molecule has 0 saturated carbocycles. The van der Waals surface area contributed by atoms with Gasteiger partial charge in [-0.05, 0) is 25.1 Å². The summed E-state index contributed by atoms with van der Waals surface area (Å²) in [7, 11) is 0. The third kappa shape index (κ3) is 3.47. The number of ether oxygens (including phenoxy) is 2. The molecule has 2 aromatic rings. The largest absolute Gasteiger partial charge is 0.490 e. The molecule has 0 radical (unpaired) electrons. The first-order chi connectivity index (χ1) is 10.0. The van der Waals surface area contributed by atoms with Crippen LogP contribution in [0.25, 0.3) is 11.3 Å². The smallest absolute Gasteiger partial charge is 0.387 e. The van der Waals surface area contributed by atoms with Crippen LogP contribution < -0.4 is 9.47 Å². The van der Waals surface area contributed by atoms with E-state index in [1.807, 2.05) is 0 Å². The van der Waals surface area contributed by atoms with Crippen LogP contribution in [-0.2, 0) is 0 Å². The summed E-state index contributed by atoms with van der Waals surface area (Å²) in [6, 6.07) is 5.39. The first kappa shape index (κ1) is 14.8. The highest BCUT2D eigenvalue weighted by atomic mass is 19.3. The maximum Gasteiger partial charge on any atom is 0.387 e. The second kappa shape index (κ2) is 6.21. The number of halogens is 2. The molecule has 0 saturated heterocycles. The zero-order valence-electron chi connectivity index (χ0n) is 10.9. The Morgan fingerprint density at radius 3 is 2.71 bits per heavy atom. The molecule has 0 aliphatic rings. The van der Waals surface area contributed by atoms with Gasteiger partial charge in [-0.25, -0.2) is 4.79 Å². The predicted molar refractivity (Wildman–Crippen MR) is 66.7 cm³/mol. The maximum absolute atomic E-state index is 12.3. The van der Waals surface area contributed by atoms with Crippen LogP contribution in [0.3, 0.4) is 0 Å². The molecule has 0 unspecified atom stereocenters. The van der Waals surface area contributed by atoms with Crippen molar-refractivity contribution in [3.8, 4) is 22.8 Å². The van der Waals surface area contributed by atoms with Crippen LogP contribution in [0.2, 0.25) is 0 Å². The second-order valence-electron chi connectivity index (χ2n) is 3.85. The molecule has 0 aliphatic carbocycles. The minimum absolute atomic E-state index is 0.107. The number of hydrogen-bond acceptors (Lipinski definition) is 5. The summed E-state index contributed by atoms with van der Waals surface area (Å²) < 4.78 is 38.8. The Bertz CT molecular complexity index is 641. The summed E-state index contributed by atoms with van der Waals surface area (Å²) in [5.74, 6) is -1.58. The van der Waals surface area contributed by atoms with E-state index < -0.39 is 12.6 Å². The third-order valence-electron chi connectivity index (χ3n) is 2.48. The van der Waals surface area contributed by atoms with E-state index in [-0.39, 0.29) is 29.6 Å². The first-order valence-corrected chi connectivity index (χ1v) is 5.93. The van der Waals surface area contributed by atoms with E-state index in [1.54, 1.807) is 6.92 Å². The van der Waals surface area contributed by atoms with E-state index in [0.717, 1.165) is 0 Å². The number of alkyl halides is 2. The van der Waals surface area contributed by atoms with Crippen molar-refractivity contribution >= 4 is 5.97 Å². The average molecular weight is 299 g/mol. The number of hydrogen-bond donors (Lipinski definition) is 1. The number of carbonyl (C=O) groups is 1. The van der Waals surface area contributed by atoms with Gasteiger partial charge in [0.25, 0.3) is 0 Å². The molecule has 2 rings (SSSR count). The van der Waals surface area contributed by atoms with E-state index >= 15 is 0 Å². The highest BCUT2D eigenvalue weighted by Crippen LogP contribution is 2.33. The minimum Gasteiger partial charge on any atom is -0.490 e. The summed E-state index contributed by atoms with van der Waals surface area (Å²) >= 11 is 0. The van der Waals surface area contributed by atoms with Crippen LogP contribution in [0.1, 0.15) is 17.5 Å². The zero-order valence-corrected chi connectivity index (χ0v) is 10.9. The Labute approximate surface area is 117 Å². The molecule has 0 aliphatic heterocycles. The Morgan fingerprint density at radius 1 is 1.38 bits per heavy atom. The normalized spacial score (nSPS) is 10.7. The van der Waals surface area contributed by atoms with Crippen LogP contribution in [0.4, 0.5) is 8.78 Å². The number of rotatable bonds is 6. The molecule has 0 atom stereocenters. The number of carboxylic acids is 1. The van der Waals surface area contributed by atoms with Gasteiger partial charge < -0.3 is 19.1 Å². The van der Waals surface area contributed by atoms with Gasteiger partial charge in [0.05, 0.1) is 6.61 Å². The molecule has 1 aromatic carbocycles. The van der Waals surface area contributed by atoms with E-state index in [4.69, 9.17) is 9.84 Å². The van der Waals surface area contributed by atoms with Crippen molar-refractivity contribution in [3.05, 3.63) is 30.0 Å². The Kier molecular flexibility index (Phi) is 4.36. The van der Waals surface area contributed by atoms with Gasteiger partial charge in [0.1, 0.15) is 5.69 Å². The average Bonchev–Trinajstić information content (AvgIpc) is 2.90. The molecule has 21 heavy (non-hydrogen) atoms. The predicted octanol–water partition coefficient (Wildman–Crippen LogP) is 3.04. The topological polar surface area (TPSA) is 81.8 Å². The number of carboxylic acid groups (broad SMARTS) is 1. The summed E-state index contributed by atoms with van der Waals surface area (Å²) in [6.45, 7) is -1.03. The fraction of sp³-hybridized carbons (Fsp3) is 0.231. The van der Waals surface area contributed by atoms with Gasteiger partial charge in [0.15, 0.2) is 11.5 Å². The SMILES string of the molecule is CCOc1cc(-c2cc(C(=O)O)on2)ccc1OC(F)F. The lowest BCUT2D eigenvalue weighted by atomic mass is 10.1. The fourth-order valence-corrected chi connectivity index (χ4v) is 1.64. The molecular formula is C13H11F2NO5. The molecule has 0 fully saturated rings. The van der Waals surface area contributed by atoms with E-state index in [0.29, 0.717) is 5.56 Å². The summed E-state index contributed by atoms with van der Waals surface area (Å²) in [5, 5.41) is 12.4. The van der Waals surface area contributed by atoms with Crippen LogP contribution in [0.15, 0.2) is 28.8 Å². The van der Waals surface area contributed by atoms with Crippen LogP contribution in [-0.4, -0.2) is 29.5 Å². The van der Waals surface area contributed by atoms with Crippen molar-refractivity contribution in [2.75, 3.05) is 6.61 Å². The van der Waals surface area contributed by atoms with Gasteiger partial charge in [-0.2, -0.15) is 8.78 Å². The maximum atomic E-state index is 12.3. The van der Waals surface area contributed by atoms with Crippen molar-refractivity contribution in [2.24, 2.45) is 0 Å². The standard InChI is InChI=1S/C13H11F2NO5/c1-2-19-10-5-7(3-4-9(10)20-13(14)15)8-6-11(12(17)18)21-16-8/h3-6,13H,2H2,1H3,(H,17,18). The first-order valence-electron chi connectivity index (χ1n) is 5.93. The van der Waals surface area contributed by atoms with Crippen LogP contribution in [0, 0.1) is 0 Å². The van der Waals surface area contributed by atoms with Crippen LogP contribution >= 0.6 is 0 Å². The monoisotopic (exact) mass is 299 g/mol. The summed E-state index contributed by atoms with van der Waals surface area (Å²) in [5.41, 5.74) is 0.702. The van der Waals surface area contributed by atoms with Crippen molar-refractivity contribution in [2.45, 2.75) is 13.5 Å². The summed E-state index contributed by atoms with van der Waals surface area (Å²) in [6.07, 6.45) is 0. The summed E-state index contributed by atoms with van der Waals surface area (Å²) in [4.78, 5) is 10.7. The van der Waals surface area contributed by atoms with Gasteiger partial charge >= 0.3 is 12.6 Å². The second-order valence-corrected chi connectivity index (χ2v) is 3.85. The minimum atomic E-state index is -2.97. The van der Waals surface area contributed by atoms with Crippen molar-refractivity contribution in [1.29, 1.82) is 0 Å². The van der Waals surface area contributed by atoms with Gasteiger partial charge in [-0.1, -0.05) is 5.16 Å². The van der Waals surface area contributed by atoms with Crippen molar-refractivity contribution in [3.63, 3.8) is 0 Å². The third-order valence-corrected chi connectivity index (χ3v) is 2.48. The van der Waals surface area contributed by atoms with Crippen LogP contribution in [0.5, 0.6) is 11.5 Å². The molecule has 0 bridgehead atoms. The lowest BCUT2D eigenvalue weighted by molar-refractivity contribution is -0.0514. The highest BCUT2D eigenvalue weighted by molar-refractivity contribution is 5.85. The van der Waals surface area contributed by atoms with E-state index in [9.17, 15) is 13.6 Å². The zero-order chi connectivity index (χ0) is 15.4. The van der Waals surface area contributed by atoms with E-state index in [2.05, 4.69) is 14.4 Å². The lowest BCUT2D eigenvalue weighted by Gasteiger charge is -2.11. The quantitative estimate of drug-likeness (QED) is 0.882. The number of aromatic carboxylic acids is 1. The molecular weight excluding hydrogens is 288 g/mol. The van der Waals surface area contributed by atoms with Crippen molar-refractivity contribution < 1.29 is 32.7 Å². The Morgan fingerprint density at radius 2 is 2.14 bits per heavy atom.